The number of amides is 2. The quantitative estimate of drug-likeness (QED) is 0.188. The van der Waals surface area contributed by atoms with E-state index in [1.54, 1.807) is 32.5 Å². The van der Waals surface area contributed by atoms with Crippen LogP contribution in [0.4, 0.5) is 4.79 Å². The van der Waals surface area contributed by atoms with Gasteiger partial charge in [-0.15, -0.1) is 11.8 Å². The number of carbonyl (C=O) groups is 2. The molecule has 3 aromatic rings. The fourth-order valence-electron chi connectivity index (χ4n) is 6.27. The number of aliphatic hydroxyl groups is 2. The summed E-state index contributed by atoms with van der Waals surface area (Å²) in [6.07, 6.45) is -1.74. The molecule has 0 aromatic heterocycles. The molecule has 10 nitrogen and oxygen atoms in total. The van der Waals surface area contributed by atoms with E-state index >= 15 is 0 Å². The minimum atomic E-state index is -1.08. The molecule has 0 radical (unpaired) electrons. The number of hydrogen-bond acceptors (Lipinski definition) is 9. The summed E-state index contributed by atoms with van der Waals surface area (Å²) in [4.78, 5) is 30.4. The van der Waals surface area contributed by atoms with Crippen molar-refractivity contribution >= 4 is 23.8 Å². The summed E-state index contributed by atoms with van der Waals surface area (Å²) >= 11 is 1.56. The first-order valence-corrected chi connectivity index (χ1v) is 18.5. The Labute approximate surface area is 299 Å². The minimum absolute atomic E-state index is 0.0656. The molecule has 0 spiro atoms. The predicted molar refractivity (Wildman–Crippen MR) is 194 cm³/mol. The van der Waals surface area contributed by atoms with Crippen LogP contribution < -0.4 is 15.4 Å². The third kappa shape index (κ3) is 11.5. The first kappa shape index (κ1) is 37.6. The van der Waals surface area contributed by atoms with Crippen LogP contribution in [0, 0.1) is 5.92 Å². The molecule has 0 bridgehead atoms. The van der Waals surface area contributed by atoms with Crippen molar-refractivity contribution in [2.45, 2.75) is 74.8 Å². The number of morpholine rings is 1. The van der Waals surface area contributed by atoms with Gasteiger partial charge < -0.3 is 35.1 Å². The van der Waals surface area contributed by atoms with E-state index in [4.69, 9.17) is 14.2 Å². The number of aliphatic hydroxyl groups excluding tert-OH is 2. The highest BCUT2D eigenvalue weighted by molar-refractivity contribution is 7.99. The first-order chi connectivity index (χ1) is 24.0. The molecule has 2 heterocycles. The Morgan fingerprint density at radius 2 is 1.64 bits per heavy atom. The number of alkyl carbamates (subject to hydrolysis) is 1. The fraction of sp³-hybridized carbons (Fsp3) is 0.487. The SMILES string of the molecule is CC(C)(C)OC(=O)N[C@@H](Cc1ccccc1)[C@@H](O)C[C@@H](Cc1ccc(OCCN2CCOCC2)cc1)C(=O)N[C@H]1c2ccccc2SC[C@H]1O. The summed E-state index contributed by atoms with van der Waals surface area (Å²) in [5.74, 6) is 0.246. The lowest BCUT2D eigenvalue weighted by Crippen LogP contribution is -2.49. The van der Waals surface area contributed by atoms with E-state index in [1.165, 1.54) is 0 Å². The van der Waals surface area contributed by atoms with Gasteiger partial charge in [-0.25, -0.2) is 4.79 Å². The van der Waals surface area contributed by atoms with E-state index in [-0.39, 0.29) is 12.3 Å². The molecule has 0 unspecified atom stereocenters. The zero-order chi connectivity index (χ0) is 35.5. The summed E-state index contributed by atoms with van der Waals surface area (Å²) in [5.41, 5.74) is 1.98. The number of benzene rings is 3. The van der Waals surface area contributed by atoms with Crippen LogP contribution in [0.1, 0.15) is 49.9 Å². The van der Waals surface area contributed by atoms with Gasteiger partial charge in [-0.1, -0.05) is 60.7 Å². The van der Waals surface area contributed by atoms with Gasteiger partial charge in [0, 0.05) is 36.2 Å². The molecule has 270 valence electrons. The molecular weight excluding hydrogens is 655 g/mol. The second-order valence-electron chi connectivity index (χ2n) is 14.0. The van der Waals surface area contributed by atoms with Gasteiger partial charge in [0.1, 0.15) is 18.0 Å². The molecule has 5 atom stereocenters. The molecule has 1 fully saturated rings. The van der Waals surface area contributed by atoms with Crippen LogP contribution in [-0.4, -0.2) is 96.2 Å². The maximum absolute atomic E-state index is 14.2. The van der Waals surface area contributed by atoms with Crippen LogP contribution in [0.25, 0.3) is 0 Å². The summed E-state index contributed by atoms with van der Waals surface area (Å²) in [5, 5.41) is 28.7. The van der Waals surface area contributed by atoms with Crippen molar-refractivity contribution in [3.8, 4) is 5.75 Å². The number of ether oxygens (including phenoxy) is 3. The monoisotopic (exact) mass is 705 g/mol. The normalized spacial score (nSPS) is 19.8. The average Bonchev–Trinajstić information content (AvgIpc) is 3.09. The number of thioether (sulfide) groups is 1. The van der Waals surface area contributed by atoms with Gasteiger partial charge in [0.15, 0.2) is 0 Å². The van der Waals surface area contributed by atoms with E-state index in [1.807, 2.05) is 78.9 Å². The topological polar surface area (TPSA) is 130 Å². The molecule has 4 N–H and O–H groups in total. The van der Waals surface area contributed by atoms with Crippen molar-refractivity contribution in [3.05, 3.63) is 95.6 Å². The number of nitrogens with one attached hydrogen (secondary N) is 2. The summed E-state index contributed by atoms with van der Waals surface area (Å²) in [6.45, 7) is 10.0. The van der Waals surface area contributed by atoms with Gasteiger partial charge >= 0.3 is 6.09 Å². The number of fused-ring (bicyclic) bond motifs is 1. The predicted octanol–water partition coefficient (Wildman–Crippen LogP) is 4.77. The van der Waals surface area contributed by atoms with Crippen LogP contribution in [0.5, 0.6) is 5.75 Å². The van der Waals surface area contributed by atoms with Crippen LogP contribution in [0.3, 0.4) is 0 Å². The Bertz CT molecular complexity index is 1510. The number of nitrogens with zero attached hydrogens (tertiary/aromatic N) is 1. The highest BCUT2D eigenvalue weighted by atomic mass is 32.2. The van der Waals surface area contributed by atoms with Crippen LogP contribution in [0.2, 0.25) is 0 Å². The van der Waals surface area contributed by atoms with Gasteiger partial charge in [-0.3, -0.25) is 9.69 Å². The van der Waals surface area contributed by atoms with Crippen LogP contribution in [0.15, 0.2) is 83.8 Å². The Kier molecular flexibility index (Phi) is 13.6. The number of rotatable bonds is 14. The van der Waals surface area contributed by atoms with Gasteiger partial charge in [0.2, 0.25) is 5.91 Å². The Hall–Kier alpha value is -3.61. The molecule has 1 saturated heterocycles. The molecule has 3 aromatic carbocycles. The highest BCUT2D eigenvalue weighted by Gasteiger charge is 2.34. The molecule has 2 aliphatic heterocycles. The summed E-state index contributed by atoms with van der Waals surface area (Å²) in [7, 11) is 0. The van der Waals surface area contributed by atoms with Gasteiger partial charge in [-0.05, 0) is 74.9 Å². The Balaban J connectivity index is 1.32. The first-order valence-electron chi connectivity index (χ1n) is 17.5. The molecule has 50 heavy (non-hydrogen) atoms. The van der Waals surface area contributed by atoms with E-state index in [0.717, 1.165) is 60.2 Å². The molecule has 2 aliphatic rings. The van der Waals surface area contributed by atoms with Crippen molar-refractivity contribution in [2.24, 2.45) is 5.92 Å². The second kappa shape index (κ2) is 18.1. The van der Waals surface area contributed by atoms with Gasteiger partial charge in [0.25, 0.3) is 0 Å². The van der Waals surface area contributed by atoms with E-state index < -0.39 is 41.9 Å². The molecule has 11 heteroatoms. The summed E-state index contributed by atoms with van der Waals surface area (Å²) in [6, 6.07) is 23.8. The maximum Gasteiger partial charge on any atom is 0.407 e. The standard InChI is InChI=1S/C39H51N3O7S/c1-39(2,3)49-38(46)40-32(24-27-9-5-4-6-10-27)33(43)25-29(37(45)41-36-31-11-7-8-12-35(31)50-26-34(36)44)23-28-13-15-30(16-14-28)48-22-19-42-17-20-47-21-18-42/h4-16,29,32-34,36,43-44H,17-26H2,1-3H3,(H,40,46)(H,41,45)/t29-,32+,33+,34-,36+/m1/s1. The molecule has 0 aliphatic carbocycles. The zero-order valence-corrected chi connectivity index (χ0v) is 30.1. The molecule has 0 saturated carbocycles. The third-order valence-electron chi connectivity index (χ3n) is 8.89. The number of hydrogen-bond donors (Lipinski definition) is 4. The van der Waals surface area contributed by atoms with E-state index in [9.17, 15) is 19.8 Å². The second-order valence-corrected chi connectivity index (χ2v) is 15.1. The smallest absolute Gasteiger partial charge is 0.407 e. The third-order valence-corrected chi connectivity index (χ3v) is 10.1. The van der Waals surface area contributed by atoms with Crippen molar-refractivity contribution in [3.63, 3.8) is 0 Å². The van der Waals surface area contributed by atoms with E-state index in [2.05, 4.69) is 15.5 Å². The van der Waals surface area contributed by atoms with Crippen molar-refractivity contribution < 1.29 is 34.0 Å². The molecular formula is C39H51N3O7S. The lowest BCUT2D eigenvalue weighted by Gasteiger charge is -2.33. The fourth-order valence-corrected chi connectivity index (χ4v) is 7.34. The maximum atomic E-state index is 14.2. The van der Waals surface area contributed by atoms with Crippen LogP contribution >= 0.6 is 11.8 Å². The van der Waals surface area contributed by atoms with Crippen molar-refractivity contribution in [1.29, 1.82) is 0 Å². The van der Waals surface area contributed by atoms with Crippen LogP contribution in [-0.2, 0) is 27.1 Å². The minimum Gasteiger partial charge on any atom is -0.492 e. The highest BCUT2D eigenvalue weighted by Crippen LogP contribution is 2.36. The largest absolute Gasteiger partial charge is 0.492 e. The average molecular weight is 706 g/mol. The van der Waals surface area contributed by atoms with Crippen molar-refractivity contribution in [2.75, 3.05) is 45.2 Å². The summed E-state index contributed by atoms with van der Waals surface area (Å²) < 4.78 is 17.0. The Morgan fingerprint density at radius 1 is 0.960 bits per heavy atom. The zero-order valence-electron chi connectivity index (χ0n) is 29.3. The molecule has 5 rings (SSSR count). The van der Waals surface area contributed by atoms with Gasteiger partial charge in [0.05, 0.1) is 37.5 Å². The molecule has 2 amide bonds. The van der Waals surface area contributed by atoms with Gasteiger partial charge in [-0.2, -0.15) is 0 Å². The lowest BCUT2D eigenvalue weighted by atomic mass is 9.88. The van der Waals surface area contributed by atoms with E-state index in [0.29, 0.717) is 25.2 Å². The number of carbonyl (C=O) groups excluding carboxylic acids is 2. The Morgan fingerprint density at radius 3 is 2.36 bits per heavy atom. The van der Waals surface area contributed by atoms with Crippen molar-refractivity contribution in [1.82, 2.24) is 15.5 Å². The lowest BCUT2D eigenvalue weighted by molar-refractivity contribution is -0.127.